The molecule has 3 amide bonds. The fourth-order valence-corrected chi connectivity index (χ4v) is 6.41. The van der Waals surface area contributed by atoms with Crippen molar-refractivity contribution in [2.75, 3.05) is 13.1 Å². The summed E-state index contributed by atoms with van der Waals surface area (Å²) in [4.78, 5) is 54.5. The second-order valence-corrected chi connectivity index (χ2v) is 12.4. The third-order valence-electron chi connectivity index (χ3n) is 9.11. The number of fused-ring (bicyclic) bond motifs is 2. The smallest absolute Gasteiger partial charge is 0.289 e. The van der Waals surface area contributed by atoms with Crippen molar-refractivity contribution in [2.45, 2.75) is 90.3 Å². The second-order valence-electron chi connectivity index (χ2n) is 12.4. The molecule has 3 saturated carbocycles. The molecule has 0 aromatic carbocycles. The van der Waals surface area contributed by atoms with Crippen LogP contribution in [0, 0.1) is 28.6 Å². The molecule has 4 N–H and O–H groups in total. The first-order valence-electron chi connectivity index (χ1n) is 13.3. The van der Waals surface area contributed by atoms with Gasteiger partial charge in [-0.2, -0.15) is 0 Å². The van der Waals surface area contributed by atoms with Crippen molar-refractivity contribution in [3.05, 3.63) is 12.7 Å². The Morgan fingerprint density at radius 1 is 1.14 bits per heavy atom. The largest absolute Gasteiger partial charge is 0.346 e. The number of amides is 3. The second kappa shape index (κ2) is 9.68. The maximum absolute atomic E-state index is 13.8. The predicted octanol–water partition coefficient (Wildman–Crippen LogP) is 1.92. The van der Waals surface area contributed by atoms with Gasteiger partial charge in [0, 0.05) is 13.1 Å². The molecule has 5 atom stereocenters. The van der Waals surface area contributed by atoms with Gasteiger partial charge in [-0.05, 0) is 60.7 Å². The third-order valence-corrected chi connectivity index (χ3v) is 9.11. The van der Waals surface area contributed by atoms with E-state index in [0.717, 1.165) is 44.9 Å². The van der Waals surface area contributed by atoms with Crippen LogP contribution in [0.2, 0.25) is 0 Å². The highest BCUT2D eigenvalue weighted by Gasteiger charge is 2.63. The van der Waals surface area contributed by atoms with Gasteiger partial charge < -0.3 is 21.3 Å². The number of hydrogen-bond donors (Lipinski definition) is 3. The van der Waals surface area contributed by atoms with Gasteiger partial charge in [0.05, 0.1) is 12.1 Å². The van der Waals surface area contributed by atoms with Crippen LogP contribution in [-0.2, 0) is 19.2 Å². The Hall–Kier alpha value is -2.22. The first-order valence-corrected chi connectivity index (χ1v) is 13.3. The van der Waals surface area contributed by atoms with E-state index in [1.54, 1.807) is 4.90 Å². The summed E-state index contributed by atoms with van der Waals surface area (Å²) in [5, 5.41) is 5.47. The van der Waals surface area contributed by atoms with E-state index in [0.29, 0.717) is 24.8 Å². The van der Waals surface area contributed by atoms with E-state index < -0.39 is 35.2 Å². The number of nitrogens with two attached hydrogens (primary N) is 1. The standard InChI is InChI=1S/C27H42N4O4/c1-5-13-29-24(34)21(32)19(14-16-7-6-8-16)30-23(33)20-17-9-10-27(11-12-27)18(17)15-31(20)25(35)22(28)26(2,3)4/h5,16-20,22H,1,6-15,28H2,2-4H3,(H,29,34)(H,30,33)/t17-,18-,19?,20-,22+/m0/s1. The Morgan fingerprint density at radius 2 is 1.83 bits per heavy atom. The molecule has 0 radical (unpaired) electrons. The number of rotatable bonds is 9. The molecule has 1 spiro atoms. The maximum atomic E-state index is 13.8. The number of nitrogens with one attached hydrogen (secondary N) is 2. The molecule has 1 saturated heterocycles. The molecule has 194 valence electrons. The van der Waals surface area contributed by atoms with E-state index in [1.807, 2.05) is 20.8 Å². The van der Waals surface area contributed by atoms with E-state index in [1.165, 1.54) is 6.08 Å². The fraction of sp³-hybridized carbons (Fsp3) is 0.778. The van der Waals surface area contributed by atoms with Gasteiger partial charge in [0.25, 0.3) is 5.91 Å². The summed E-state index contributed by atoms with van der Waals surface area (Å²) in [6, 6.07) is -2.25. The average Bonchev–Trinajstić information content (AvgIpc) is 3.35. The molecule has 0 aromatic heterocycles. The van der Waals surface area contributed by atoms with Gasteiger partial charge >= 0.3 is 0 Å². The normalized spacial score (nSPS) is 28.6. The monoisotopic (exact) mass is 486 g/mol. The first-order chi connectivity index (χ1) is 16.5. The van der Waals surface area contributed by atoms with Crippen LogP contribution in [0.4, 0.5) is 0 Å². The lowest BCUT2D eigenvalue weighted by molar-refractivity contribution is -0.144. The lowest BCUT2D eigenvalue weighted by atomic mass is 9.80. The lowest BCUT2D eigenvalue weighted by Crippen LogP contribution is -2.58. The highest BCUT2D eigenvalue weighted by molar-refractivity contribution is 6.38. The molecule has 0 aromatic rings. The first kappa shape index (κ1) is 25.9. The molecular weight excluding hydrogens is 444 g/mol. The van der Waals surface area contributed by atoms with E-state index >= 15 is 0 Å². The molecular formula is C27H42N4O4. The Labute approximate surface area is 208 Å². The molecule has 0 bridgehead atoms. The minimum Gasteiger partial charge on any atom is -0.346 e. The summed E-state index contributed by atoms with van der Waals surface area (Å²) in [6.07, 6.45) is 9.36. The summed E-state index contributed by atoms with van der Waals surface area (Å²) in [7, 11) is 0. The van der Waals surface area contributed by atoms with Crippen LogP contribution in [0.1, 0.15) is 72.1 Å². The number of carbonyl (C=O) groups is 4. The topological polar surface area (TPSA) is 122 Å². The Balaban J connectivity index is 1.55. The predicted molar refractivity (Wildman–Crippen MR) is 133 cm³/mol. The number of Topliss-reactive ketones (excluding diaryl/α,β-unsaturated/α-hetero) is 1. The fourth-order valence-electron chi connectivity index (χ4n) is 6.41. The number of likely N-dealkylation sites (tertiary alicyclic amines) is 1. The maximum Gasteiger partial charge on any atom is 0.289 e. The van der Waals surface area contributed by atoms with E-state index in [9.17, 15) is 19.2 Å². The van der Waals surface area contributed by atoms with Crippen molar-refractivity contribution in [1.29, 1.82) is 0 Å². The molecule has 1 unspecified atom stereocenters. The molecule has 4 rings (SSSR count). The molecule has 8 heteroatoms. The molecule has 35 heavy (non-hydrogen) atoms. The zero-order chi connectivity index (χ0) is 25.5. The van der Waals surface area contributed by atoms with Gasteiger partial charge in [-0.1, -0.05) is 46.1 Å². The zero-order valence-corrected chi connectivity index (χ0v) is 21.5. The van der Waals surface area contributed by atoms with Crippen LogP contribution in [0.15, 0.2) is 12.7 Å². The third kappa shape index (κ3) is 5.04. The molecule has 1 aliphatic heterocycles. The number of nitrogens with zero attached hydrogens (tertiary/aromatic N) is 1. The number of carbonyl (C=O) groups excluding carboxylic acids is 4. The van der Waals surface area contributed by atoms with Crippen molar-refractivity contribution < 1.29 is 19.2 Å². The Morgan fingerprint density at radius 3 is 2.37 bits per heavy atom. The van der Waals surface area contributed by atoms with Crippen LogP contribution in [0.3, 0.4) is 0 Å². The van der Waals surface area contributed by atoms with Gasteiger partial charge in [0.2, 0.25) is 17.6 Å². The van der Waals surface area contributed by atoms with Crippen LogP contribution in [0.5, 0.6) is 0 Å². The molecule has 4 fully saturated rings. The molecule has 3 aliphatic carbocycles. The summed E-state index contributed by atoms with van der Waals surface area (Å²) in [5.74, 6) is -1.17. The van der Waals surface area contributed by atoms with Gasteiger partial charge in [-0.3, -0.25) is 19.2 Å². The average molecular weight is 487 g/mol. The number of hydrogen-bond acceptors (Lipinski definition) is 5. The van der Waals surface area contributed by atoms with Crippen molar-refractivity contribution >= 4 is 23.5 Å². The SMILES string of the molecule is C=CCNC(=O)C(=O)C(CC1CCC1)NC(=O)[C@@H]1[C@H]2CCC3(CC3)[C@H]2CN1C(=O)[C@@H](N)C(C)(C)C. The minimum absolute atomic E-state index is 0.0719. The van der Waals surface area contributed by atoms with Crippen molar-refractivity contribution in [2.24, 2.45) is 34.3 Å². The molecule has 4 aliphatic rings. The van der Waals surface area contributed by atoms with E-state index in [2.05, 4.69) is 17.2 Å². The van der Waals surface area contributed by atoms with Crippen LogP contribution in [-0.4, -0.2) is 59.6 Å². The number of ketones is 1. The van der Waals surface area contributed by atoms with E-state index in [4.69, 9.17) is 5.73 Å². The lowest BCUT2D eigenvalue weighted by Gasteiger charge is -2.35. The van der Waals surface area contributed by atoms with E-state index in [-0.39, 0.29) is 29.7 Å². The molecule has 1 heterocycles. The van der Waals surface area contributed by atoms with Gasteiger partial charge in [0.15, 0.2) is 0 Å². The van der Waals surface area contributed by atoms with Crippen molar-refractivity contribution in [1.82, 2.24) is 15.5 Å². The Kier molecular flexibility index (Phi) is 7.15. The summed E-state index contributed by atoms with van der Waals surface area (Å²) < 4.78 is 0. The van der Waals surface area contributed by atoms with Crippen molar-refractivity contribution in [3.8, 4) is 0 Å². The van der Waals surface area contributed by atoms with Gasteiger partial charge in [0.1, 0.15) is 6.04 Å². The quantitative estimate of drug-likeness (QED) is 0.340. The molecule has 8 nitrogen and oxygen atoms in total. The summed E-state index contributed by atoms with van der Waals surface area (Å²) >= 11 is 0. The van der Waals surface area contributed by atoms with Crippen LogP contribution < -0.4 is 16.4 Å². The van der Waals surface area contributed by atoms with Gasteiger partial charge in [-0.25, -0.2) is 0 Å². The van der Waals surface area contributed by atoms with Gasteiger partial charge in [-0.15, -0.1) is 6.58 Å². The highest BCUT2D eigenvalue weighted by atomic mass is 16.2. The van der Waals surface area contributed by atoms with Crippen LogP contribution >= 0.6 is 0 Å². The zero-order valence-electron chi connectivity index (χ0n) is 21.5. The van der Waals surface area contributed by atoms with Crippen LogP contribution in [0.25, 0.3) is 0 Å². The van der Waals surface area contributed by atoms with Crippen molar-refractivity contribution in [3.63, 3.8) is 0 Å². The summed E-state index contributed by atoms with van der Waals surface area (Å²) in [5.41, 5.74) is 6.19. The Bertz CT molecular complexity index is 886. The minimum atomic E-state index is -0.888. The summed E-state index contributed by atoms with van der Waals surface area (Å²) in [6.45, 7) is 10.1. The highest BCUT2D eigenvalue weighted by Crippen LogP contribution is 2.66.